The summed E-state index contributed by atoms with van der Waals surface area (Å²) in [6.45, 7) is 2.24. The number of aryl methyl sites for hydroxylation is 1. The number of H-pyrrole nitrogens is 1. The maximum atomic E-state index is 5.43. The Morgan fingerprint density at radius 2 is 2.46 bits per heavy atom. The molecule has 5 nitrogen and oxygen atoms in total. The van der Waals surface area contributed by atoms with Crippen LogP contribution in [0.1, 0.15) is 11.6 Å². The third-order valence-corrected chi connectivity index (χ3v) is 1.71. The normalized spacial score (nSPS) is 10.6. The molecule has 0 radical (unpaired) electrons. The molecule has 0 aliphatic rings. The number of nitrogens with one attached hydrogen (secondary N) is 1. The first-order valence-corrected chi connectivity index (χ1v) is 3.96. The molecule has 0 saturated heterocycles. The molecule has 0 spiro atoms. The van der Waals surface area contributed by atoms with Crippen LogP contribution in [0.15, 0.2) is 16.9 Å². The first-order valence-electron chi connectivity index (χ1n) is 3.96. The summed E-state index contributed by atoms with van der Waals surface area (Å²) in [6.07, 6.45) is 3.26. The summed E-state index contributed by atoms with van der Waals surface area (Å²) in [5.41, 5.74) is 7.02. The van der Waals surface area contributed by atoms with Crippen LogP contribution < -0.4 is 5.73 Å². The van der Waals surface area contributed by atoms with Gasteiger partial charge in [0.15, 0.2) is 11.7 Å². The summed E-state index contributed by atoms with van der Waals surface area (Å²) in [6, 6.07) is 0. The average Bonchev–Trinajstić information content (AvgIpc) is 2.71. The van der Waals surface area contributed by atoms with Crippen LogP contribution in [0.3, 0.4) is 0 Å². The third kappa shape index (κ3) is 1.46. The Balaban J connectivity index is 2.35. The van der Waals surface area contributed by atoms with Crippen molar-refractivity contribution in [3.05, 3.63) is 24.0 Å². The van der Waals surface area contributed by atoms with E-state index in [1.807, 2.05) is 0 Å². The van der Waals surface area contributed by atoms with Crippen molar-refractivity contribution in [2.45, 2.75) is 13.5 Å². The van der Waals surface area contributed by atoms with Crippen LogP contribution in [-0.4, -0.2) is 15.0 Å². The lowest BCUT2D eigenvalue weighted by atomic mass is 10.4. The van der Waals surface area contributed by atoms with Crippen LogP contribution in [-0.2, 0) is 6.54 Å². The van der Waals surface area contributed by atoms with Crippen molar-refractivity contribution < 1.29 is 4.42 Å². The molecule has 0 aromatic carbocycles. The van der Waals surface area contributed by atoms with E-state index in [2.05, 4.69) is 15.0 Å². The van der Waals surface area contributed by atoms with Gasteiger partial charge in [0, 0.05) is 25.4 Å². The van der Waals surface area contributed by atoms with Crippen molar-refractivity contribution in [2.24, 2.45) is 5.73 Å². The zero-order valence-corrected chi connectivity index (χ0v) is 7.24. The number of nitrogens with two attached hydrogens (primary N) is 1. The molecule has 3 N–H and O–H groups in total. The molecule has 0 saturated carbocycles. The van der Waals surface area contributed by atoms with Crippen molar-refractivity contribution in [1.82, 2.24) is 15.0 Å². The lowest BCUT2D eigenvalue weighted by Gasteiger charge is -1.87. The number of rotatable bonds is 2. The van der Waals surface area contributed by atoms with E-state index >= 15 is 0 Å². The maximum absolute atomic E-state index is 5.43. The van der Waals surface area contributed by atoms with Gasteiger partial charge in [0.05, 0.1) is 0 Å². The molecule has 2 heterocycles. The second-order valence-electron chi connectivity index (χ2n) is 2.71. The van der Waals surface area contributed by atoms with Crippen molar-refractivity contribution in [2.75, 3.05) is 0 Å². The molecule has 0 fully saturated rings. The van der Waals surface area contributed by atoms with Gasteiger partial charge in [-0.15, -0.1) is 0 Å². The van der Waals surface area contributed by atoms with Crippen molar-refractivity contribution >= 4 is 0 Å². The van der Waals surface area contributed by atoms with E-state index < -0.39 is 0 Å². The zero-order valence-electron chi connectivity index (χ0n) is 7.24. The van der Waals surface area contributed by atoms with E-state index in [4.69, 9.17) is 10.2 Å². The number of imidazole rings is 1. The summed E-state index contributed by atoms with van der Waals surface area (Å²) in [7, 11) is 0. The quantitative estimate of drug-likeness (QED) is 0.713. The van der Waals surface area contributed by atoms with Gasteiger partial charge in [0.2, 0.25) is 0 Å². The Labute approximate surface area is 75.0 Å². The highest BCUT2D eigenvalue weighted by atomic mass is 16.3. The third-order valence-electron chi connectivity index (χ3n) is 1.71. The predicted octanol–water partition coefficient (Wildman–Crippen LogP) is 0.832. The second kappa shape index (κ2) is 3.02. The van der Waals surface area contributed by atoms with Gasteiger partial charge < -0.3 is 15.1 Å². The molecule has 2 rings (SSSR count). The molecule has 13 heavy (non-hydrogen) atoms. The highest BCUT2D eigenvalue weighted by Crippen LogP contribution is 2.14. The summed E-state index contributed by atoms with van der Waals surface area (Å²) in [4.78, 5) is 11.3. The van der Waals surface area contributed by atoms with Crippen molar-refractivity contribution in [3.8, 4) is 11.5 Å². The lowest BCUT2D eigenvalue weighted by molar-refractivity contribution is 0.521. The molecule has 5 heteroatoms. The Kier molecular flexibility index (Phi) is 1.86. The number of aromatic amines is 1. The van der Waals surface area contributed by atoms with Gasteiger partial charge >= 0.3 is 0 Å². The average molecular weight is 178 g/mol. The van der Waals surface area contributed by atoms with Gasteiger partial charge in [-0.2, -0.15) is 0 Å². The molecule has 68 valence electrons. The molecule has 0 atom stereocenters. The maximum Gasteiger partial charge on any atom is 0.191 e. The Bertz CT molecular complexity index is 404. The highest BCUT2D eigenvalue weighted by Gasteiger charge is 2.06. The van der Waals surface area contributed by atoms with Crippen LogP contribution in [0.4, 0.5) is 0 Å². The number of oxazole rings is 1. The van der Waals surface area contributed by atoms with Crippen LogP contribution in [0, 0.1) is 6.92 Å². The van der Waals surface area contributed by atoms with E-state index in [9.17, 15) is 0 Å². The fourth-order valence-corrected chi connectivity index (χ4v) is 1.07. The van der Waals surface area contributed by atoms with E-state index in [-0.39, 0.29) is 0 Å². The van der Waals surface area contributed by atoms with Gasteiger partial charge in [-0.3, -0.25) is 0 Å². The Hall–Kier alpha value is -1.62. The van der Waals surface area contributed by atoms with E-state index in [0.717, 1.165) is 5.69 Å². The van der Waals surface area contributed by atoms with E-state index in [1.165, 1.54) is 0 Å². The topological polar surface area (TPSA) is 80.7 Å². The minimum absolute atomic E-state index is 0.448. The van der Waals surface area contributed by atoms with Crippen LogP contribution in [0.2, 0.25) is 0 Å². The van der Waals surface area contributed by atoms with Gasteiger partial charge in [-0.1, -0.05) is 0 Å². The standard InChI is InChI=1S/C8H10N4O/c1-5-11-7(4-13-5)8-10-3-6(2-9)12-8/h3-4H,2,9H2,1H3,(H,10,12). The number of hydrogen-bond donors (Lipinski definition) is 2. The minimum atomic E-state index is 0.448. The SMILES string of the molecule is Cc1nc(-c2ncc(CN)[nH]2)co1. The molecule has 0 amide bonds. The van der Waals surface area contributed by atoms with Crippen molar-refractivity contribution in [3.63, 3.8) is 0 Å². The van der Waals surface area contributed by atoms with Crippen LogP contribution in [0.25, 0.3) is 11.5 Å². The minimum Gasteiger partial charge on any atom is -0.449 e. The van der Waals surface area contributed by atoms with E-state index in [1.54, 1.807) is 19.4 Å². The molecule has 2 aromatic rings. The number of nitrogens with zero attached hydrogens (tertiary/aromatic N) is 2. The summed E-state index contributed by atoms with van der Waals surface area (Å²) < 4.78 is 5.06. The van der Waals surface area contributed by atoms with Crippen LogP contribution >= 0.6 is 0 Å². The smallest absolute Gasteiger partial charge is 0.191 e. The fraction of sp³-hybridized carbons (Fsp3) is 0.250. The highest BCUT2D eigenvalue weighted by molar-refractivity contribution is 5.47. The monoisotopic (exact) mass is 178 g/mol. The molecule has 2 aromatic heterocycles. The van der Waals surface area contributed by atoms with Gasteiger partial charge in [0.1, 0.15) is 12.0 Å². The Morgan fingerprint density at radius 1 is 1.62 bits per heavy atom. The van der Waals surface area contributed by atoms with Crippen LogP contribution in [0.5, 0.6) is 0 Å². The summed E-state index contributed by atoms with van der Waals surface area (Å²) in [5, 5.41) is 0. The predicted molar refractivity (Wildman–Crippen MR) is 46.7 cm³/mol. The van der Waals surface area contributed by atoms with E-state index in [0.29, 0.717) is 24.0 Å². The molecular formula is C8H10N4O. The van der Waals surface area contributed by atoms with Gasteiger partial charge in [0.25, 0.3) is 0 Å². The molecular weight excluding hydrogens is 168 g/mol. The molecule has 0 aliphatic carbocycles. The largest absolute Gasteiger partial charge is 0.449 e. The number of hydrogen-bond acceptors (Lipinski definition) is 4. The Morgan fingerprint density at radius 3 is 3.00 bits per heavy atom. The summed E-state index contributed by atoms with van der Waals surface area (Å²) in [5.74, 6) is 1.32. The number of aromatic nitrogens is 3. The molecule has 0 bridgehead atoms. The van der Waals surface area contributed by atoms with Gasteiger partial charge in [-0.05, 0) is 0 Å². The van der Waals surface area contributed by atoms with Gasteiger partial charge in [-0.25, -0.2) is 9.97 Å². The summed E-state index contributed by atoms with van der Waals surface area (Å²) >= 11 is 0. The molecule has 0 unspecified atom stereocenters. The fourth-order valence-electron chi connectivity index (χ4n) is 1.07. The lowest BCUT2D eigenvalue weighted by Crippen LogP contribution is -1.95. The van der Waals surface area contributed by atoms with Crippen molar-refractivity contribution in [1.29, 1.82) is 0 Å². The second-order valence-corrected chi connectivity index (χ2v) is 2.71. The molecule has 0 aliphatic heterocycles. The zero-order chi connectivity index (χ0) is 9.26. The first-order chi connectivity index (χ1) is 6.29. The first kappa shape index (κ1) is 8.00.